The summed E-state index contributed by atoms with van der Waals surface area (Å²) >= 11 is 5.96. The van der Waals surface area contributed by atoms with Gasteiger partial charge in [-0.3, -0.25) is 4.98 Å². The highest BCUT2D eigenvalue weighted by Crippen LogP contribution is 2.44. The topological polar surface area (TPSA) is 33.1 Å². The van der Waals surface area contributed by atoms with Gasteiger partial charge in [0.1, 0.15) is 0 Å². The number of hydrogen-bond acceptors (Lipinski definition) is 2. The molecule has 2 aromatic carbocycles. The molecule has 4 nitrogen and oxygen atoms in total. The van der Waals surface area contributed by atoms with E-state index < -0.39 is 0 Å². The van der Waals surface area contributed by atoms with E-state index in [2.05, 4.69) is 104 Å². The zero-order chi connectivity index (χ0) is 24.7. The molecule has 2 atom stereocenters. The van der Waals surface area contributed by atoms with Crippen molar-refractivity contribution < 1.29 is 0 Å². The Bertz CT molecular complexity index is 1370. The van der Waals surface area contributed by atoms with Crippen LogP contribution in [0.4, 0.5) is 5.69 Å². The first-order valence-corrected chi connectivity index (χ1v) is 12.7. The van der Waals surface area contributed by atoms with Crippen molar-refractivity contribution in [3.8, 4) is 5.69 Å². The summed E-state index contributed by atoms with van der Waals surface area (Å²) < 4.78 is 2.39. The summed E-state index contributed by atoms with van der Waals surface area (Å²) in [6.45, 7) is 10.9. The predicted octanol–water partition coefficient (Wildman–Crippen LogP) is 6.85. The number of aromatic nitrogens is 2. The van der Waals surface area contributed by atoms with Crippen molar-refractivity contribution in [2.45, 2.75) is 53.1 Å². The molecule has 1 fully saturated rings. The Kier molecular flexibility index (Phi) is 6.20. The molecule has 0 amide bonds. The molecule has 1 aliphatic heterocycles. The molecule has 0 bridgehead atoms. The molecule has 0 saturated carbocycles. The molecule has 3 heterocycles. The third-order valence-corrected chi connectivity index (χ3v) is 7.30. The fourth-order valence-corrected chi connectivity index (χ4v) is 5.87. The van der Waals surface area contributed by atoms with Gasteiger partial charge in [0.05, 0.1) is 17.8 Å². The van der Waals surface area contributed by atoms with Gasteiger partial charge in [-0.15, -0.1) is 0 Å². The number of thiocarbonyl (C=S) groups is 1. The van der Waals surface area contributed by atoms with Crippen molar-refractivity contribution in [1.29, 1.82) is 0 Å². The van der Waals surface area contributed by atoms with E-state index in [0.29, 0.717) is 0 Å². The van der Waals surface area contributed by atoms with Crippen molar-refractivity contribution in [3.63, 3.8) is 0 Å². The zero-order valence-electron chi connectivity index (χ0n) is 21.0. The molecule has 1 saturated heterocycles. The molecule has 178 valence electrons. The van der Waals surface area contributed by atoms with Gasteiger partial charge in [-0.1, -0.05) is 37.3 Å². The van der Waals surface area contributed by atoms with Crippen LogP contribution >= 0.6 is 12.2 Å². The monoisotopic (exact) mass is 480 g/mol. The van der Waals surface area contributed by atoms with E-state index in [1.165, 1.54) is 39.3 Å². The maximum atomic E-state index is 5.96. The minimum Gasteiger partial charge on any atom is -0.351 e. The zero-order valence-corrected chi connectivity index (χ0v) is 21.9. The van der Waals surface area contributed by atoms with Crippen molar-refractivity contribution in [1.82, 2.24) is 14.9 Å². The van der Waals surface area contributed by atoms with Crippen LogP contribution in [0.15, 0.2) is 72.9 Å². The number of aryl methyl sites for hydroxylation is 4. The molecule has 0 unspecified atom stereocenters. The van der Waals surface area contributed by atoms with Gasteiger partial charge >= 0.3 is 0 Å². The molecule has 0 radical (unpaired) electrons. The predicted molar refractivity (Wildman–Crippen MR) is 148 cm³/mol. The van der Waals surface area contributed by atoms with Gasteiger partial charge in [0.15, 0.2) is 5.11 Å². The van der Waals surface area contributed by atoms with Gasteiger partial charge in [-0.2, -0.15) is 0 Å². The third kappa shape index (κ3) is 4.14. The average Bonchev–Trinajstić information content (AvgIpc) is 3.34. The Morgan fingerprint density at radius 2 is 1.63 bits per heavy atom. The lowest BCUT2D eigenvalue weighted by atomic mass is 9.96. The summed E-state index contributed by atoms with van der Waals surface area (Å²) in [5.41, 5.74) is 10.9. The molecule has 0 spiro atoms. The van der Waals surface area contributed by atoms with Gasteiger partial charge in [-0.25, -0.2) is 0 Å². The second kappa shape index (κ2) is 9.31. The second-order valence-corrected chi connectivity index (χ2v) is 9.87. The van der Waals surface area contributed by atoms with E-state index in [1.807, 2.05) is 18.3 Å². The Hall–Kier alpha value is -3.44. The second-order valence-electron chi connectivity index (χ2n) is 9.49. The van der Waals surface area contributed by atoms with Crippen LogP contribution in [-0.4, -0.2) is 14.7 Å². The number of para-hydroxylation sites is 1. The maximum absolute atomic E-state index is 5.96. The molecule has 35 heavy (non-hydrogen) atoms. The highest BCUT2D eigenvalue weighted by Gasteiger charge is 2.42. The molecule has 1 aliphatic rings. The highest BCUT2D eigenvalue weighted by molar-refractivity contribution is 7.80. The van der Waals surface area contributed by atoms with Gasteiger partial charge in [0, 0.05) is 29.0 Å². The van der Waals surface area contributed by atoms with Crippen molar-refractivity contribution in [2.75, 3.05) is 4.90 Å². The number of rotatable bonds is 5. The van der Waals surface area contributed by atoms with E-state index in [0.717, 1.165) is 22.9 Å². The molecule has 1 N–H and O–H groups in total. The van der Waals surface area contributed by atoms with Crippen LogP contribution in [0.25, 0.3) is 5.69 Å². The Morgan fingerprint density at radius 1 is 0.914 bits per heavy atom. The van der Waals surface area contributed by atoms with Crippen LogP contribution in [0.2, 0.25) is 0 Å². The summed E-state index contributed by atoms with van der Waals surface area (Å²) in [6, 6.07) is 23.7. The van der Waals surface area contributed by atoms with E-state index in [1.54, 1.807) is 0 Å². The highest BCUT2D eigenvalue weighted by atomic mass is 32.1. The molecular weight excluding hydrogens is 448 g/mol. The summed E-state index contributed by atoms with van der Waals surface area (Å²) in [6.07, 6.45) is 2.85. The lowest BCUT2D eigenvalue weighted by Crippen LogP contribution is -2.29. The molecule has 2 aromatic heterocycles. The molecule has 5 rings (SSSR count). The van der Waals surface area contributed by atoms with Crippen LogP contribution < -0.4 is 10.2 Å². The fourth-order valence-electron chi connectivity index (χ4n) is 5.52. The van der Waals surface area contributed by atoms with Crippen LogP contribution in [-0.2, 0) is 6.42 Å². The first-order valence-electron chi connectivity index (χ1n) is 12.2. The van der Waals surface area contributed by atoms with Crippen molar-refractivity contribution in [2.24, 2.45) is 0 Å². The van der Waals surface area contributed by atoms with Crippen LogP contribution in [0.1, 0.15) is 58.3 Å². The van der Waals surface area contributed by atoms with Crippen LogP contribution in [0.5, 0.6) is 0 Å². The molecule has 0 aliphatic carbocycles. The van der Waals surface area contributed by atoms with Crippen LogP contribution in [0.3, 0.4) is 0 Å². The largest absolute Gasteiger partial charge is 0.351 e. The summed E-state index contributed by atoms with van der Waals surface area (Å²) in [5.74, 6) is 0. The number of nitrogens with zero attached hydrogens (tertiary/aromatic N) is 3. The minimum absolute atomic E-state index is 0.0210. The fraction of sp³-hybridized carbons (Fsp3) is 0.267. The number of hydrogen-bond donors (Lipinski definition) is 1. The standard InChI is InChI=1S/C30H32N4S/c1-6-23-11-7-8-13-27(23)33-21(4)18-25(22(33)5)29-28(26-12-9-10-14-31-26)32-30(35)34(29)24-16-19(2)15-20(3)17-24/h7-18,28-29H,6H2,1-5H3,(H,32,35)/t28-,29+/m1/s1. The number of pyridine rings is 1. The van der Waals surface area contributed by atoms with Crippen molar-refractivity contribution >= 4 is 23.0 Å². The molecule has 5 heteroatoms. The maximum Gasteiger partial charge on any atom is 0.174 e. The van der Waals surface area contributed by atoms with Crippen molar-refractivity contribution in [3.05, 3.63) is 112 Å². The lowest BCUT2D eigenvalue weighted by Gasteiger charge is -2.29. The number of anilines is 1. The van der Waals surface area contributed by atoms with Gasteiger partial charge in [0.2, 0.25) is 0 Å². The smallest absolute Gasteiger partial charge is 0.174 e. The molecule has 4 aromatic rings. The number of nitrogens with one attached hydrogen (secondary N) is 1. The minimum atomic E-state index is -0.0557. The molecular formula is C30H32N4S. The van der Waals surface area contributed by atoms with E-state index in [4.69, 9.17) is 17.2 Å². The van der Waals surface area contributed by atoms with E-state index in [-0.39, 0.29) is 12.1 Å². The van der Waals surface area contributed by atoms with Gasteiger partial charge < -0.3 is 14.8 Å². The average molecular weight is 481 g/mol. The number of benzene rings is 2. The van der Waals surface area contributed by atoms with Crippen LogP contribution in [0, 0.1) is 27.7 Å². The van der Waals surface area contributed by atoms with E-state index >= 15 is 0 Å². The Morgan fingerprint density at radius 3 is 2.31 bits per heavy atom. The quantitative estimate of drug-likeness (QED) is 0.317. The van der Waals surface area contributed by atoms with Gasteiger partial charge in [0.25, 0.3) is 0 Å². The third-order valence-electron chi connectivity index (χ3n) is 6.99. The summed E-state index contributed by atoms with van der Waals surface area (Å²) in [4.78, 5) is 7.01. The summed E-state index contributed by atoms with van der Waals surface area (Å²) in [7, 11) is 0. The summed E-state index contributed by atoms with van der Waals surface area (Å²) in [5, 5.41) is 4.34. The normalized spacial score (nSPS) is 17.6. The first kappa shape index (κ1) is 23.3. The van der Waals surface area contributed by atoms with E-state index in [9.17, 15) is 0 Å². The van der Waals surface area contributed by atoms with Gasteiger partial charge in [-0.05, 0) is 105 Å². The first-order chi connectivity index (χ1) is 16.9. The Balaban J connectivity index is 1.71. The Labute approximate surface area is 213 Å². The lowest BCUT2D eigenvalue weighted by molar-refractivity contribution is 0.565. The SMILES string of the molecule is CCc1ccccc1-n1c(C)cc([C@H]2[C@@H](c3ccccn3)NC(=S)N2c2cc(C)cc(C)c2)c1C.